The van der Waals surface area contributed by atoms with Crippen LogP contribution < -0.4 is 10.1 Å². The third-order valence-corrected chi connectivity index (χ3v) is 5.55. The van der Waals surface area contributed by atoms with E-state index in [1.807, 2.05) is 18.4 Å². The smallest absolute Gasteiger partial charge is 0.119 e. The number of benzene rings is 1. The van der Waals surface area contributed by atoms with Gasteiger partial charge < -0.3 is 10.1 Å². The summed E-state index contributed by atoms with van der Waals surface area (Å²) < 4.78 is 5.34. The van der Waals surface area contributed by atoms with Crippen LogP contribution >= 0.6 is 23.7 Å². The molecule has 0 spiro atoms. The SMILES string of the molecule is CNCC(CC1CCc2cc(OC)ccc21)c1cccs1.Cl. The quantitative estimate of drug-likeness (QED) is 0.831. The molecule has 1 aromatic heterocycles. The molecular formula is C18H24ClNOS. The highest BCUT2D eigenvalue weighted by molar-refractivity contribution is 7.10. The molecule has 0 amide bonds. The molecule has 2 aromatic rings. The molecule has 1 aliphatic rings. The minimum absolute atomic E-state index is 0. The number of ether oxygens (including phenoxy) is 1. The highest BCUT2D eigenvalue weighted by Gasteiger charge is 2.26. The second-order valence-corrected chi connectivity index (χ2v) is 6.79. The van der Waals surface area contributed by atoms with Crippen molar-refractivity contribution in [3.8, 4) is 5.75 Å². The summed E-state index contributed by atoms with van der Waals surface area (Å²) in [6.45, 7) is 1.06. The third-order valence-electron chi connectivity index (χ3n) is 4.52. The Balaban J connectivity index is 0.00000176. The zero-order chi connectivity index (χ0) is 14.7. The summed E-state index contributed by atoms with van der Waals surface area (Å²) in [5.41, 5.74) is 3.02. The number of aryl methyl sites for hydroxylation is 1. The van der Waals surface area contributed by atoms with E-state index in [2.05, 4.69) is 41.0 Å². The van der Waals surface area contributed by atoms with E-state index in [0.29, 0.717) is 11.8 Å². The van der Waals surface area contributed by atoms with E-state index in [1.165, 1.54) is 35.3 Å². The molecule has 0 saturated carbocycles. The number of hydrogen-bond acceptors (Lipinski definition) is 3. The summed E-state index contributed by atoms with van der Waals surface area (Å²) in [4.78, 5) is 1.51. The lowest BCUT2D eigenvalue weighted by atomic mass is 9.89. The first-order valence-electron chi connectivity index (χ1n) is 7.66. The van der Waals surface area contributed by atoms with Gasteiger partial charge in [0, 0.05) is 17.3 Å². The van der Waals surface area contributed by atoms with Gasteiger partial charge >= 0.3 is 0 Å². The molecule has 4 heteroatoms. The van der Waals surface area contributed by atoms with Crippen molar-refractivity contribution >= 4 is 23.7 Å². The van der Waals surface area contributed by atoms with Crippen molar-refractivity contribution in [2.75, 3.05) is 20.7 Å². The van der Waals surface area contributed by atoms with Gasteiger partial charge in [-0.25, -0.2) is 0 Å². The lowest BCUT2D eigenvalue weighted by molar-refractivity contribution is 0.414. The average Bonchev–Trinajstić information content (AvgIpc) is 3.16. The van der Waals surface area contributed by atoms with E-state index in [0.717, 1.165) is 12.3 Å². The second kappa shape index (κ2) is 8.00. The Labute approximate surface area is 143 Å². The van der Waals surface area contributed by atoms with Crippen molar-refractivity contribution in [1.82, 2.24) is 5.32 Å². The lowest BCUT2D eigenvalue weighted by Crippen LogP contribution is -2.18. The minimum atomic E-state index is 0. The summed E-state index contributed by atoms with van der Waals surface area (Å²) in [7, 11) is 3.79. The van der Waals surface area contributed by atoms with Gasteiger partial charge in [-0.1, -0.05) is 12.1 Å². The van der Waals surface area contributed by atoms with Gasteiger partial charge in [0.25, 0.3) is 0 Å². The third kappa shape index (κ3) is 3.65. The van der Waals surface area contributed by atoms with E-state index in [4.69, 9.17) is 4.74 Å². The average molecular weight is 338 g/mol. The molecule has 120 valence electrons. The molecule has 0 fully saturated rings. The molecule has 1 aliphatic carbocycles. The van der Waals surface area contributed by atoms with Crippen LogP contribution in [-0.2, 0) is 6.42 Å². The minimum Gasteiger partial charge on any atom is -0.497 e. The summed E-state index contributed by atoms with van der Waals surface area (Å²) in [5.74, 6) is 2.29. The number of likely N-dealkylation sites (N-methyl/N-ethyl adjacent to an activating group) is 1. The Morgan fingerprint density at radius 1 is 1.36 bits per heavy atom. The zero-order valence-corrected chi connectivity index (χ0v) is 14.8. The van der Waals surface area contributed by atoms with Crippen molar-refractivity contribution in [2.45, 2.75) is 31.1 Å². The molecule has 0 bridgehead atoms. The van der Waals surface area contributed by atoms with Crippen molar-refractivity contribution < 1.29 is 4.74 Å². The van der Waals surface area contributed by atoms with E-state index >= 15 is 0 Å². The van der Waals surface area contributed by atoms with Crippen LogP contribution in [0, 0.1) is 0 Å². The van der Waals surface area contributed by atoms with Crippen molar-refractivity contribution in [3.63, 3.8) is 0 Å². The number of thiophene rings is 1. The highest BCUT2D eigenvalue weighted by atomic mass is 35.5. The molecule has 0 radical (unpaired) electrons. The number of rotatable bonds is 6. The van der Waals surface area contributed by atoms with Crippen molar-refractivity contribution in [3.05, 3.63) is 51.7 Å². The first-order chi connectivity index (χ1) is 10.3. The summed E-state index contributed by atoms with van der Waals surface area (Å²) in [6, 6.07) is 11.0. The largest absolute Gasteiger partial charge is 0.497 e. The lowest BCUT2D eigenvalue weighted by Gasteiger charge is -2.20. The number of nitrogens with one attached hydrogen (secondary N) is 1. The molecule has 1 aromatic carbocycles. The highest BCUT2D eigenvalue weighted by Crippen LogP contribution is 2.41. The fourth-order valence-corrected chi connectivity index (χ4v) is 4.31. The number of fused-ring (bicyclic) bond motifs is 1. The van der Waals surface area contributed by atoms with Gasteiger partial charge in [0.05, 0.1) is 7.11 Å². The number of methoxy groups -OCH3 is 1. The van der Waals surface area contributed by atoms with Gasteiger partial charge in [0.1, 0.15) is 5.75 Å². The van der Waals surface area contributed by atoms with Gasteiger partial charge in [-0.3, -0.25) is 0 Å². The van der Waals surface area contributed by atoms with Crippen molar-refractivity contribution in [1.29, 1.82) is 0 Å². The summed E-state index contributed by atoms with van der Waals surface area (Å²) in [6.07, 6.45) is 3.70. The maximum Gasteiger partial charge on any atom is 0.119 e. The first kappa shape index (κ1) is 17.3. The fourth-order valence-electron chi connectivity index (χ4n) is 3.47. The van der Waals surface area contributed by atoms with Crippen LogP contribution in [-0.4, -0.2) is 20.7 Å². The Kier molecular flexibility index (Phi) is 6.30. The molecule has 22 heavy (non-hydrogen) atoms. The predicted molar refractivity (Wildman–Crippen MR) is 96.9 cm³/mol. The van der Waals surface area contributed by atoms with E-state index in [1.54, 1.807) is 7.11 Å². The van der Waals surface area contributed by atoms with Crippen LogP contribution in [0.5, 0.6) is 5.75 Å². The summed E-state index contributed by atoms with van der Waals surface area (Å²) in [5, 5.41) is 5.54. The molecule has 0 saturated heterocycles. The monoisotopic (exact) mass is 337 g/mol. The molecular weight excluding hydrogens is 314 g/mol. The molecule has 3 rings (SSSR count). The van der Waals surface area contributed by atoms with Crippen LogP contribution in [0.25, 0.3) is 0 Å². The van der Waals surface area contributed by atoms with E-state index in [-0.39, 0.29) is 12.4 Å². The van der Waals surface area contributed by atoms with E-state index in [9.17, 15) is 0 Å². The second-order valence-electron chi connectivity index (χ2n) is 5.81. The van der Waals surface area contributed by atoms with Crippen LogP contribution in [0.15, 0.2) is 35.7 Å². The van der Waals surface area contributed by atoms with Crippen LogP contribution in [0.3, 0.4) is 0 Å². The normalized spacial score (nSPS) is 17.6. The first-order valence-corrected chi connectivity index (χ1v) is 8.54. The molecule has 2 atom stereocenters. The molecule has 2 unspecified atom stereocenters. The zero-order valence-electron chi connectivity index (χ0n) is 13.2. The van der Waals surface area contributed by atoms with Crippen LogP contribution in [0.2, 0.25) is 0 Å². The van der Waals surface area contributed by atoms with E-state index < -0.39 is 0 Å². The maximum absolute atomic E-state index is 5.34. The number of hydrogen-bond donors (Lipinski definition) is 1. The topological polar surface area (TPSA) is 21.3 Å². The van der Waals surface area contributed by atoms with Gasteiger partial charge in [0.15, 0.2) is 0 Å². The summed E-state index contributed by atoms with van der Waals surface area (Å²) >= 11 is 1.88. The van der Waals surface area contributed by atoms with Gasteiger partial charge in [-0.2, -0.15) is 0 Å². The standard InChI is InChI=1S/C18H23NOS.ClH/c1-19-12-15(18-4-3-9-21-18)10-13-5-6-14-11-16(20-2)7-8-17(13)14;/h3-4,7-9,11,13,15,19H,5-6,10,12H2,1-2H3;1H. The maximum atomic E-state index is 5.34. The Hall–Kier alpha value is -1.03. The molecule has 1 heterocycles. The van der Waals surface area contributed by atoms with Crippen LogP contribution in [0.1, 0.15) is 40.7 Å². The Morgan fingerprint density at radius 3 is 2.91 bits per heavy atom. The molecule has 0 aliphatic heterocycles. The molecule has 1 N–H and O–H groups in total. The van der Waals surface area contributed by atoms with Gasteiger partial charge in [-0.15, -0.1) is 23.7 Å². The fraction of sp³-hybridized carbons (Fsp3) is 0.444. The Morgan fingerprint density at radius 2 is 2.23 bits per heavy atom. The molecule has 2 nitrogen and oxygen atoms in total. The predicted octanol–water partition coefficient (Wildman–Crippen LogP) is 4.60. The van der Waals surface area contributed by atoms with Crippen LogP contribution in [0.4, 0.5) is 0 Å². The van der Waals surface area contributed by atoms with Crippen molar-refractivity contribution in [2.24, 2.45) is 0 Å². The van der Waals surface area contributed by atoms with Gasteiger partial charge in [0.2, 0.25) is 0 Å². The Bertz CT molecular complexity index is 585. The van der Waals surface area contributed by atoms with Gasteiger partial charge in [-0.05, 0) is 66.9 Å². The number of halogens is 1.